The Balaban J connectivity index is 1.71. The molecule has 0 saturated heterocycles. The summed E-state index contributed by atoms with van der Waals surface area (Å²) in [5.74, 6) is -0.392. The first-order chi connectivity index (χ1) is 14.8. The molecule has 0 fully saturated rings. The Morgan fingerprint density at radius 1 is 1.23 bits per heavy atom. The zero-order valence-electron chi connectivity index (χ0n) is 18.7. The molecule has 166 valence electrons. The minimum atomic E-state index is -0.376. The summed E-state index contributed by atoms with van der Waals surface area (Å²) in [6.45, 7) is 8.28. The van der Waals surface area contributed by atoms with Crippen molar-refractivity contribution in [2.75, 3.05) is 26.7 Å². The summed E-state index contributed by atoms with van der Waals surface area (Å²) in [4.78, 5) is 41.1. The molecule has 2 aromatic rings. The van der Waals surface area contributed by atoms with Gasteiger partial charge < -0.3 is 15.1 Å². The molecule has 0 unspecified atom stereocenters. The standard InChI is InChI=1S/C23H31N5O3/c1-16(2)13-24-21(29)15-26(4)22(30)19-12-20-23(31)27(10-7-11-28(20)25-19)14-18-9-6-5-8-17(18)3/h5-6,8-9,12,16H,7,10-11,13-15H2,1-4H3,(H,24,29). The van der Waals surface area contributed by atoms with Gasteiger partial charge >= 0.3 is 0 Å². The maximum atomic E-state index is 13.2. The largest absolute Gasteiger partial charge is 0.354 e. The van der Waals surface area contributed by atoms with Gasteiger partial charge in [-0.2, -0.15) is 5.10 Å². The van der Waals surface area contributed by atoms with Crippen LogP contribution in [-0.4, -0.2) is 64.0 Å². The first-order valence-corrected chi connectivity index (χ1v) is 10.7. The van der Waals surface area contributed by atoms with Crippen molar-refractivity contribution in [3.05, 3.63) is 52.8 Å². The number of carbonyl (C=O) groups is 3. The van der Waals surface area contributed by atoms with Crippen LogP contribution in [0.2, 0.25) is 0 Å². The third-order valence-corrected chi connectivity index (χ3v) is 5.36. The van der Waals surface area contributed by atoms with E-state index in [-0.39, 0.29) is 30.0 Å². The summed E-state index contributed by atoms with van der Waals surface area (Å²) < 4.78 is 1.61. The normalized spacial score (nSPS) is 13.7. The van der Waals surface area contributed by atoms with Crippen LogP contribution in [-0.2, 0) is 17.9 Å². The number of likely N-dealkylation sites (N-methyl/N-ethyl adjacent to an activating group) is 1. The summed E-state index contributed by atoms with van der Waals surface area (Å²) in [6.07, 6.45) is 0.757. The number of fused-ring (bicyclic) bond motifs is 1. The van der Waals surface area contributed by atoms with Crippen molar-refractivity contribution in [3.8, 4) is 0 Å². The molecule has 1 aromatic carbocycles. The molecule has 0 spiro atoms. The van der Waals surface area contributed by atoms with Gasteiger partial charge in [0.25, 0.3) is 11.8 Å². The molecule has 8 nitrogen and oxygen atoms in total. The van der Waals surface area contributed by atoms with Crippen molar-refractivity contribution in [1.29, 1.82) is 0 Å². The SMILES string of the molecule is Cc1ccccc1CN1CCCn2nc(C(=O)N(C)CC(=O)NCC(C)C)cc2C1=O. The summed E-state index contributed by atoms with van der Waals surface area (Å²) in [7, 11) is 1.56. The topological polar surface area (TPSA) is 87.5 Å². The molecule has 3 rings (SSSR count). The Labute approximate surface area is 183 Å². The maximum absolute atomic E-state index is 13.2. The lowest BCUT2D eigenvalue weighted by Crippen LogP contribution is -2.39. The number of benzene rings is 1. The van der Waals surface area contributed by atoms with Crippen LogP contribution in [0.15, 0.2) is 30.3 Å². The highest BCUT2D eigenvalue weighted by molar-refractivity contribution is 5.99. The predicted octanol–water partition coefficient (Wildman–Crippen LogP) is 2.08. The van der Waals surface area contributed by atoms with Crippen LogP contribution in [0.3, 0.4) is 0 Å². The van der Waals surface area contributed by atoms with Crippen LogP contribution in [0.1, 0.15) is 52.4 Å². The fourth-order valence-corrected chi connectivity index (χ4v) is 3.54. The van der Waals surface area contributed by atoms with Gasteiger partial charge in [0.2, 0.25) is 5.91 Å². The summed E-state index contributed by atoms with van der Waals surface area (Å²) in [5.41, 5.74) is 2.83. The zero-order valence-corrected chi connectivity index (χ0v) is 18.7. The predicted molar refractivity (Wildman–Crippen MR) is 118 cm³/mol. The lowest BCUT2D eigenvalue weighted by atomic mass is 10.1. The average Bonchev–Trinajstić information content (AvgIpc) is 3.10. The Morgan fingerprint density at radius 2 is 1.97 bits per heavy atom. The molecule has 0 saturated carbocycles. The van der Waals surface area contributed by atoms with E-state index in [1.165, 1.54) is 4.90 Å². The molecule has 1 N–H and O–H groups in total. The molecule has 1 aromatic heterocycles. The van der Waals surface area contributed by atoms with Gasteiger partial charge in [0.15, 0.2) is 5.69 Å². The molecule has 31 heavy (non-hydrogen) atoms. The van der Waals surface area contributed by atoms with Gasteiger partial charge in [-0.1, -0.05) is 38.1 Å². The monoisotopic (exact) mass is 425 g/mol. The Kier molecular flexibility index (Phi) is 7.09. The van der Waals surface area contributed by atoms with Crippen molar-refractivity contribution in [2.45, 2.75) is 40.3 Å². The summed E-state index contributed by atoms with van der Waals surface area (Å²) >= 11 is 0. The lowest BCUT2D eigenvalue weighted by molar-refractivity contribution is -0.121. The number of hydrogen-bond donors (Lipinski definition) is 1. The minimum absolute atomic E-state index is 0.0545. The van der Waals surface area contributed by atoms with Crippen LogP contribution in [0, 0.1) is 12.8 Å². The molecule has 0 radical (unpaired) electrons. The molecule has 2 heterocycles. The van der Waals surface area contributed by atoms with Crippen molar-refractivity contribution in [3.63, 3.8) is 0 Å². The third-order valence-electron chi connectivity index (χ3n) is 5.36. The highest BCUT2D eigenvalue weighted by atomic mass is 16.2. The fourth-order valence-electron chi connectivity index (χ4n) is 3.54. The van der Waals surface area contributed by atoms with E-state index in [4.69, 9.17) is 0 Å². The second-order valence-electron chi connectivity index (χ2n) is 8.50. The molecular weight excluding hydrogens is 394 g/mol. The van der Waals surface area contributed by atoms with Gasteiger partial charge in [-0.3, -0.25) is 19.1 Å². The number of aryl methyl sites for hydroxylation is 2. The second-order valence-corrected chi connectivity index (χ2v) is 8.50. The van der Waals surface area contributed by atoms with E-state index in [1.54, 1.807) is 22.7 Å². The lowest BCUT2D eigenvalue weighted by Gasteiger charge is -2.21. The first-order valence-electron chi connectivity index (χ1n) is 10.7. The number of hydrogen-bond acceptors (Lipinski definition) is 4. The number of nitrogens with one attached hydrogen (secondary N) is 1. The molecule has 3 amide bonds. The van der Waals surface area contributed by atoms with Gasteiger partial charge in [-0.05, 0) is 30.4 Å². The number of nitrogens with zero attached hydrogens (tertiary/aromatic N) is 4. The van der Waals surface area contributed by atoms with Crippen molar-refractivity contribution in [1.82, 2.24) is 24.9 Å². The van der Waals surface area contributed by atoms with Crippen LogP contribution in [0.4, 0.5) is 0 Å². The van der Waals surface area contributed by atoms with Gasteiger partial charge in [-0.25, -0.2) is 0 Å². The van der Waals surface area contributed by atoms with E-state index >= 15 is 0 Å². The van der Waals surface area contributed by atoms with Gasteiger partial charge in [-0.15, -0.1) is 0 Å². The van der Waals surface area contributed by atoms with Crippen LogP contribution < -0.4 is 5.32 Å². The molecule has 1 aliphatic heterocycles. The highest BCUT2D eigenvalue weighted by Gasteiger charge is 2.27. The number of amides is 3. The third kappa shape index (κ3) is 5.51. The Morgan fingerprint density at radius 3 is 2.68 bits per heavy atom. The second kappa shape index (κ2) is 9.76. The van der Waals surface area contributed by atoms with E-state index in [2.05, 4.69) is 10.4 Å². The summed E-state index contributed by atoms with van der Waals surface area (Å²) in [5, 5.41) is 7.17. The van der Waals surface area contributed by atoms with Crippen LogP contribution >= 0.6 is 0 Å². The van der Waals surface area contributed by atoms with E-state index in [0.29, 0.717) is 37.8 Å². The van der Waals surface area contributed by atoms with Gasteiger partial charge in [0, 0.05) is 39.3 Å². The fraction of sp³-hybridized carbons (Fsp3) is 0.478. The highest BCUT2D eigenvalue weighted by Crippen LogP contribution is 2.18. The molecule has 0 aliphatic carbocycles. The molecule has 8 heteroatoms. The molecule has 0 bridgehead atoms. The van der Waals surface area contributed by atoms with Crippen molar-refractivity contribution >= 4 is 17.7 Å². The Hall–Kier alpha value is -3.16. The molecule has 1 aliphatic rings. The zero-order chi connectivity index (χ0) is 22.5. The summed E-state index contributed by atoms with van der Waals surface area (Å²) in [6, 6.07) is 9.56. The first kappa shape index (κ1) is 22.5. The minimum Gasteiger partial charge on any atom is -0.354 e. The quantitative estimate of drug-likeness (QED) is 0.736. The van der Waals surface area contributed by atoms with Gasteiger partial charge in [0.1, 0.15) is 5.69 Å². The van der Waals surface area contributed by atoms with E-state index in [0.717, 1.165) is 17.5 Å². The Bertz CT molecular complexity index is 966. The number of carbonyl (C=O) groups excluding carboxylic acids is 3. The molecular formula is C23H31N5O3. The van der Waals surface area contributed by atoms with E-state index in [1.807, 2.05) is 45.0 Å². The number of rotatable bonds is 7. The van der Waals surface area contributed by atoms with E-state index < -0.39 is 0 Å². The smallest absolute Gasteiger partial charge is 0.274 e. The van der Waals surface area contributed by atoms with Crippen LogP contribution in [0.25, 0.3) is 0 Å². The molecule has 0 atom stereocenters. The van der Waals surface area contributed by atoms with Gasteiger partial charge in [0.05, 0.1) is 6.54 Å². The van der Waals surface area contributed by atoms with E-state index in [9.17, 15) is 14.4 Å². The number of aromatic nitrogens is 2. The van der Waals surface area contributed by atoms with Crippen LogP contribution in [0.5, 0.6) is 0 Å². The average molecular weight is 426 g/mol. The maximum Gasteiger partial charge on any atom is 0.274 e. The van der Waals surface area contributed by atoms with Crippen molar-refractivity contribution in [2.24, 2.45) is 5.92 Å². The van der Waals surface area contributed by atoms with Crippen molar-refractivity contribution < 1.29 is 14.4 Å².